The molecule has 1 amide bonds. The van der Waals surface area contributed by atoms with E-state index in [2.05, 4.69) is 11.3 Å². The van der Waals surface area contributed by atoms with E-state index in [1.165, 1.54) is 24.8 Å². The second-order valence-corrected chi connectivity index (χ2v) is 4.02. The van der Waals surface area contributed by atoms with Crippen LogP contribution in [0.4, 0.5) is 0 Å². The predicted octanol–water partition coefficient (Wildman–Crippen LogP) is 0.817. The number of hydrogen-bond donors (Lipinski definition) is 2. The van der Waals surface area contributed by atoms with Crippen molar-refractivity contribution in [1.29, 1.82) is 0 Å². The third kappa shape index (κ3) is 3.28. The van der Waals surface area contributed by atoms with Gasteiger partial charge in [0.15, 0.2) is 0 Å². The van der Waals surface area contributed by atoms with E-state index in [1.54, 1.807) is 6.08 Å². The van der Waals surface area contributed by atoms with E-state index in [0.717, 1.165) is 0 Å². The van der Waals surface area contributed by atoms with Crippen LogP contribution in [0.15, 0.2) is 12.7 Å². The molecular weight excluding hydrogens is 172 g/mol. The highest BCUT2D eigenvalue weighted by Gasteiger charge is 2.23. The number of carbonyl (C=O) groups excluding carboxylic acids is 1. The van der Waals surface area contributed by atoms with Crippen molar-refractivity contribution in [3.63, 3.8) is 0 Å². The highest BCUT2D eigenvalue weighted by Crippen LogP contribution is 2.31. The maximum absolute atomic E-state index is 11.2. The van der Waals surface area contributed by atoms with Crippen LogP contribution >= 0.6 is 11.9 Å². The average molecular weight is 186 g/mol. The summed E-state index contributed by atoms with van der Waals surface area (Å²) in [6.07, 6.45) is 4.62. The number of nitrogens with one attached hydrogen (secondary N) is 1. The molecule has 12 heavy (non-hydrogen) atoms. The van der Waals surface area contributed by atoms with Gasteiger partial charge in [-0.15, -0.1) is 6.58 Å². The molecule has 0 spiro atoms. The highest BCUT2D eigenvalue weighted by molar-refractivity contribution is 7.98. The number of rotatable bonds is 5. The molecule has 1 atom stereocenters. The molecule has 1 aliphatic carbocycles. The predicted molar refractivity (Wildman–Crippen MR) is 51.5 cm³/mol. The van der Waals surface area contributed by atoms with Crippen molar-refractivity contribution < 1.29 is 4.79 Å². The van der Waals surface area contributed by atoms with Gasteiger partial charge in [-0.1, -0.05) is 6.08 Å². The molecular formula is C8H14N2OS. The lowest BCUT2D eigenvalue weighted by Gasteiger charge is -2.08. The summed E-state index contributed by atoms with van der Waals surface area (Å²) in [5.74, 6) is -0.0909. The van der Waals surface area contributed by atoms with Crippen molar-refractivity contribution in [2.45, 2.75) is 30.6 Å². The van der Waals surface area contributed by atoms with Crippen LogP contribution in [-0.4, -0.2) is 17.2 Å². The zero-order valence-corrected chi connectivity index (χ0v) is 7.77. The largest absolute Gasteiger partial charge is 0.320 e. The molecule has 0 aliphatic heterocycles. The van der Waals surface area contributed by atoms with Crippen molar-refractivity contribution >= 4 is 17.9 Å². The second-order valence-electron chi connectivity index (χ2n) is 2.91. The summed E-state index contributed by atoms with van der Waals surface area (Å²) in [6.45, 7) is 3.52. The molecule has 0 heterocycles. The Morgan fingerprint density at radius 3 is 3.00 bits per heavy atom. The molecule has 0 aromatic rings. The van der Waals surface area contributed by atoms with Crippen molar-refractivity contribution in [2.75, 3.05) is 0 Å². The van der Waals surface area contributed by atoms with Crippen molar-refractivity contribution in [3.05, 3.63) is 12.7 Å². The molecule has 3 nitrogen and oxygen atoms in total. The van der Waals surface area contributed by atoms with Gasteiger partial charge in [0.25, 0.3) is 0 Å². The Morgan fingerprint density at radius 1 is 1.83 bits per heavy atom. The third-order valence-electron chi connectivity index (χ3n) is 1.61. The smallest absolute Gasteiger partial charge is 0.247 e. The minimum absolute atomic E-state index is 0.0909. The Morgan fingerprint density at radius 2 is 2.50 bits per heavy atom. The fourth-order valence-electron chi connectivity index (χ4n) is 0.690. The van der Waals surface area contributed by atoms with Crippen LogP contribution in [0, 0.1) is 0 Å². The van der Waals surface area contributed by atoms with Crippen LogP contribution in [0.2, 0.25) is 0 Å². The average Bonchev–Trinajstić information content (AvgIpc) is 2.83. The van der Waals surface area contributed by atoms with Crippen LogP contribution < -0.4 is 10.5 Å². The van der Waals surface area contributed by atoms with E-state index in [-0.39, 0.29) is 5.91 Å². The lowest BCUT2D eigenvalue weighted by molar-refractivity contribution is -0.120. The first-order chi connectivity index (χ1) is 5.74. The zero-order chi connectivity index (χ0) is 8.97. The summed E-state index contributed by atoms with van der Waals surface area (Å²) in [5, 5.41) is 0.630. The summed E-state index contributed by atoms with van der Waals surface area (Å²) in [4.78, 5) is 11.2. The molecule has 3 N–H and O–H groups in total. The van der Waals surface area contributed by atoms with Gasteiger partial charge in [-0.25, -0.2) is 0 Å². The molecule has 1 unspecified atom stereocenters. The Balaban J connectivity index is 2.11. The van der Waals surface area contributed by atoms with Gasteiger partial charge in [-0.3, -0.25) is 9.52 Å². The van der Waals surface area contributed by atoms with E-state index < -0.39 is 6.04 Å². The van der Waals surface area contributed by atoms with Gasteiger partial charge in [0.2, 0.25) is 5.91 Å². The van der Waals surface area contributed by atoms with Crippen LogP contribution in [-0.2, 0) is 4.79 Å². The Labute approximate surface area is 76.9 Å². The van der Waals surface area contributed by atoms with Crippen molar-refractivity contribution in [2.24, 2.45) is 5.73 Å². The molecule has 1 rings (SSSR count). The van der Waals surface area contributed by atoms with Gasteiger partial charge in [0, 0.05) is 5.25 Å². The van der Waals surface area contributed by atoms with Crippen LogP contribution in [0.3, 0.4) is 0 Å². The van der Waals surface area contributed by atoms with Gasteiger partial charge < -0.3 is 5.73 Å². The number of hydrogen-bond acceptors (Lipinski definition) is 3. The van der Waals surface area contributed by atoms with Crippen molar-refractivity contribution in [3.8, 4) is 0 Å². The molecule has 0 saturated heterocycles. The maximum atomic E-state index is 11.2. The number of nitrogens with two attached hydrogens (primary N) is 1. The van der Waals surface area contributed by atoms with E-state index in [4.69, 9.17) is 5.73 Å². The van der Waals surface area contributed by atoms with Gasteiger partial charge in [-0.05, 0) is 31.2 Å². The molecule has 0 aromatic carbocycles. The first kappa shape index (κ1) is 9.61. The summed E-state index contributed by atoms with van der Waals surface area (Å²) in [7, 11) is 0. The minimum Gasteiger partial charge on any atom is -0.320 e. The maximum Gasteiger partial charge on any atom is 0.247 e. The van der Waals surface area contributed by atoms with Crippen molar-refractivity contribution in [1.82, 2.24) is 4.72 Å². The van der Waals surface area contributed by atoms with Gasteiger partial charge in [0.1, 0.15) is 0 Å². The molecule has 1 saturated carbocycles. The first-order valence-electron chi connectivity index (χ1n) is 4.06. The van der Waals surface area contributed by atoms with Crippen LogP contribution in [0.5, 0.6) is 0 Å². The second kappa shape index (κ2) is 4.52. The fourth-order valence-corrected chi connectivity index (χ4v) is 1.50. The first-order valence-corrected chi connectivity index (χ1v) is 4.94. The monoisotopic (exact) mass is 186 g/mol. The molecule has 1 aliphatic rings. The van der Waals surface area contributed by atoms with Gasteiger partial charge in [0.05, 0.1) is 6.04 Å². The van der Waals surface area contributed by atoms with E-state index >= 15 is 0 Å². The fraction of sp³-hybridized carbons (Fsp3) is 0.625. The molecule has 68 valence electrons. The Hall–Kier alpha value is -0.480. The molecule has 4 heteroatoms. The van der Waals surface area contributed by atoms with E-state index in [0.29, 0.717) is 11.7 Å². The lowest BCUT2D eigenvalue weighted by atomic mass is 10.2. The topological polar surface area (TPSA) is 55.1 Å². The van der Waals surface area contributed by atoms with E-state index in [1.807, 2.05) is 0 Å². The molecule has 1 fully saturated rings. The molecule has 0 bridgehead atoms. The van der Waals surface area contributed by atoms with Gasteiger partial charge in [-0.2, -0.15) is 0 Å². The SMILES string of the molecule is C=CCC(N)C(=O)NSC1CC1. The highest BCUT2D eigenvalue weighted by atomic mass is 32.2. The zero-order valence-electron chi connectivity index (χ0n) is 6.95. The standard InChI is InChI=1S/C8H14N2OS/c1-2-3-7(9)8(11)10-12-6-4-5-6/h2,6-7H,1,3-5,9H2,(H,10,11). The normalized spacial score (nSPS) is 18.4. The van der Waals surface area contributed by atoms with E-state index in [9.17, 15) is 4.79 Å². The molecule has 0 radical (unpaired) electrons. The Kier molecular flexibility index (Phi) is 3.62. The van der Waals surface area contributed by atoms with Crippen LogP contribution in [0.1, 0.15) is 19.3 Å². The number of amides is 1. The third-order valence-corrected chi connectivity index (χ3v) is 2.73. The summed E-state index contributed by atoms with van der Waals surface area (Å²) < 4.78 is 2.73. The van der Waals surface area contributed by atoms with Crippen LogP contribution in [0.25, 0.3) is 0 Å². The molecule has 0 aromatic heterocycles. The summed E-state index contributed by atoms with van der Waals surface area (Å²) in [6, 6.07) is -0.436. The lowest BCUT2D eigenvalue weighted by Crippen LogP contribution is -2.37. The Bertz CT molecular complexity index is 180. The minimum atomic E-state index is -0.436. The quantitative estimate of drug-likeness (QED) is 0.493. The summed E-state index contributed by atoms with van der Waals surface area (Å²) >= 11 is 1.49. The number of carbonyl (C=O) groups is 1. The summed E-state index contributed by atoms with van der Waals surface area (Å²) in [5.41, 5.74) is 5.54. The van der Waals surface area contributed by atoms with Gasteiger partial charge >= 0.3 is 0 Å².